The quantitative estimate of drug-likeness (QED) is 0.0171. The molecule has 3 atom stereocenters. The van der Waals surface area contributed by atoms with E-state index < -0.39 is 47.0 Å². The van der Waals surface area contributed by atoms with Crippen molar-refractivity contribution in [1.82, 2.24) is 0 Å². The van der Waals surface area contributed by atoms with Crippen LogP contribution in [0, 0.1) is 42.9 Å². The Morgan fingerprint density at radius 3 is 0.917 bits per heavy atom. The van der Waals surface area contributed by atoms with Gasteiger partial charge in [0.25, 0.3) is 0 Å². The van der Waals surface area contributed by atoms with Crippen LogP contribution >= 0.6 is 71.0 Å². The van der Waals surface area contributed by atoms with Gasteiger partial charge in [0.2, 0.25) is 0 Å². The Morgan fingerprint density at radius 1 is 0.431 bits per heavy atom. The first-order chi connectivity index (χ1) is 50.5. The summed E-state index contributed by atoms with van der Waals surface area (Å²) in [6.45, 7) is 19.8. The second kappa shape index (κ2) is 60.7. The van der Waals surface area contributed by atoms with Gasteiger partial charge in [0, 0.05) is 53.4 Å². The first-order valence-electron chi connectivity index (χ1n) is 32.9. The largest absolute Gasteiger partial charge is 1.00 e. The summed E-state index contributed by atoms with van der Waals surface area (Å²) in [5, 5.41) is 11.2. The number of benzene rings is 7. The van der Waals surface area contributed by atoms with Crippen molar-refractivity contribution in [1.29, 1.82) is 0 Å². The van der Waals surface area contributed by atoms with Crippen molar-refractivity contribution >= 4 is 89.4 Å². The fourth-order valence-corrected chi connectivity index (χ4v) is 11.3. The van der Waals surface area contributed by atoms with Gasteiger partial charge in [0.1, 0.15) is 23.0 Å². The molecule has 7 aromatic carbocycles. The van der Waals surface area contributed by atoms with E-state index in [1.54, 1.807) is 30.4 Å². The van der Waals surface area contributed by atoms with Crippen molar-refractivity contribution in [2.75, 3.05) is 44.5 Å². The molecule has 0 aromatic heterocycles. The fourth-order valence-electron chi connectivity index (χ4n) is 8.00. The molecule has 12 nitrogen and oxygen atoms in total. The maximum atomic E-state index is 12.6. The minimum atomic E-state index is -4.33. The van der Waals surface area contributed by atoms with Gasteiger partial charge in [-0.2, -0.15) is 81.5 Å². The predicted molar refractivity (Wildman–Crippen MR) is 402 cm³/mol. The summed E-state index contributed by atoms with van der Waals surface area (Å²) in [6.07, 6.45) is -5.33. The van der Waals surface area contributed by atoms with Crippen molar-refractivity contribution < 1.29 is 133 Å². The van der Waals surface area contributed by atoms with E-state index >= 15 is 0 Å². The summed E-state index contributed by atoms with van der Waals surface area (Å²) in [4.78, 5) is 51.7. The normalized spacial score (nSPS) is 11.2. The van der Waals surface area contributed by atoms with E-state index in [1.807, 2.05) is 62.4 Å². The van der Waals surface area contributed by atoms with Crippen LogP contribution in [0.25, 0.3) is 0 Å². The van der Waals surface area contributed by atoms with E-state index in [4.69, 9.17) is 87.6 Å². The van der Waals surface area contributed by atoms with Crippen molar-refractivity contribution in [3.05, 3.63) is 206 Å². The monoisotopic (exact) mass is 1660 g/mol. The van der Waals surface area contributed by atoms with Crippen molar-refractivity contribution in [3.63, 3.8) is 0 Å². The molecule has 109 heavy (non-hydrogen) atoms. The van der Waals surface area contributed by atoms with Crippen LogP contribution in [-0.2, 0) is 66.3 Å². The van der Waals surface area contributed by atoms with Crippen LogP contribution in [-0.4, -0.2) is 73.6 Å². The van der Waals surface area contributed by atoms with Gasteiger partial charge < -0.3 is 29.5 Å². The number of carbonyl (C=O) groups excluding carboxylic acids is 6. The molecule has 7 aromatic rings. The molecule has 0 heterocycles. The van der Waals surface area contributed by atoms with Crippen molar-refractivity contribution in [2.24, 2.45) is 23.7 Å². The number of rotatable bonds is 26. The smallest absolute Gasteiger partial charge is 0.870 e. The average molecular weight is 1660 g/mol. The molecule has 31 heteroatoms. The van der Waals surface area contributed by atoms with Crippen molar-refractivity contribution in [3.8, 4) is 35.3 Å². The van der Waals surface area contributed by atoms with Gasteiger partial charge in [0.05, 0.1) is 63.7 Å². The van der Waals surface area contributed by atoms with Crippen LogP contribution in [0.1, 0.15) is 129 Å². The SMILES string of the molecule is C#CC.CCC(CC)COc1ccc(C(F)(F)F)cc1.CCC(CO)COc1ccc(C(F)(F)F)cc1.CCC(COc1ccc(C(F)(F)F)cc1)CSc1ccc(C)cc1Cl.CCc1ccc(S)c(Cl)c1.CCc1ccc(SCC(CC)COc2ccc(C(F)(F)F)cc2)c(Cl)c1.O=C=O.O=C=O.O=C=O.[HH].[HH].[Li+].[OH-]. The molecule has 0 fully saturated rings. The zero-order chi connectivity index (χ0) is 81.8. The molecule has 3 unspecified atom stereocenters. The molecule has 0 saturated carbocycles. The van der Waals surface area contributed by atoms with E-state index in [2.05, 4.69) is 72.6 Å². The van der Waals surface area contributed by atoms with Gasteiger partial charge in [-0.15, -0.1) is 48.5 Å². The number of ether oxygens (including phenoxy) is 4. The van der Waals surface area contributed by atoms with Crippen LogP contribution in [0.2, 0.25) is 15.1 Å². The number of halogens is 15. The summed E-state index contributed by atoms with van der Waals surface area (Å²) in [7, 11) is 0. The number of thiol groups is 1. The van der Waals surface area contributed by atoms with Crippen LogP contribution in [0.5, 0.6) is 23.0 Å². The zero-order valence-corrected chi connectivity index (χ0v) is 66.4. The van der Waals surface area contributed by atoms with Gasteiger partial charge >= 0.3 is 62.0 Å². The Morgan fingerprint density at radius 2 is 0.679 bits per heavy atom. The molecular formula is C78H92Cl3F12LiO12S3. The van der Waals surface area contributed by atoms with Gasteiger partial charge in [-0.05, 0) is 202 Å². The Hall–Kier alpha value is -6.96. The molecule has 0 aliphatic carbocycles. The molecular weight excluding hydrogens is 1570 g/mol. The third-order valence-electron chi connectivity index (χ3n) is 14.7. The summed E-state index contributed by atoms with van der Waals surface area (Å²) >= 11 is 25.9. The predicted octanol–water partition coefficient (Wildman–Crippen LogP) is 21.0. The minimum absolute atomic E-state index is 0. The molecule has 0 aliphatic rings. The van der Waals surface area contributed by atoms with Crippen molar-refractivity contribution in [2.45, 2.75) is 147 Å². The Bertz CT molecular complexity index is 3610. The minimum Gasteiger partial charge on any atom is -0.870 e. The van der Waals surface area contributed by atoms with Crippen LogP contribution < -0.4 is 37.8 Å². The first kappa shape index (κ1) is 108. The van der Waals surface area contributed by atoms with E-state index in [1.165, 1.54) is 59.7 Å². The summed E-state index contributed by atoms with van der Waals surface area (Å²) in [6, 6.07) is 36.9. The molecule has 2 N–H and O–H groups in total. The van der Waals surface area contributed by atoms with Gasteiger partial charge in [-0.25, -0.2) is 0 Å². The van der Waals surface area contributed by atoms with Crippen LogP contribution in [0.15, 0.2) is 166 Å². The molecule has 0 amide bonds. The van der Waals surface area contributed by atoms with Gasteiger partial charge in [0.15, 0.2) is 0 Å². The number of hydrogen-bond acceptors (Lipinski definition) is 15. The topological polar surface area (TPSA) is 190 Å². The number of alkyl halides is 12. The number of aryl methyl sites for hydroxylation is 3. The van der Waals surface area contributed by atoms with Gasteiger partial charge in [-0.1, -0.05) is 114 Å². The van der Waals surface area contributed by atoms with Crippen LogP contribution in [0.3, 0.4) is 0 Å². The second-order valence-corrected chi connectivity index (χ2v) is 26.2. The Labute approximate surface area is 673 Å². The van der Waals surface area contributed by atoms with E-state index in [-0.39, 0.29) is 70.0 Å². The Kier molecular flexibility index (Phi) is 60.4. The van der Waals surface area contributed by atoms with E-state index in [0.717, 1.165) is 140 Å². The molecule has 0 saturated heterocycles. The second-order valence-electron chi connectivity index (χ2n) is 22.4. The molecule has 0 radical (unpaired) electrons. The number of hydrogen-bond donors (Lipinski definition) is 2. The molecule has 0 bridgehead atoms. The molecule has 7 rings (SSSR count). The zero-order valence-electron chi connectivity index (χ0n) is 61.6. The average Bonchev–Trinajstić information content (AvgIpc) is 0.883. The first-order valence-corrected chi connectivity index (χ1v) is 36.5. The number of terminal acetylenes is 1. The summed E-state index contributed by atoms with van der Waals surface area (Å²) < 4.78 is 171. The third kappa shape index (κ3) is 49.1. The van der Waals surface area contributed by atoms with E-state index in [9.17, 15) is 52.7 Å². The maximum Gasteiger partial charge on any atom is 1.00 e. The molecule has 0 aliphatic heterocycles. The Balaban J connectivity index is -0.000000303. The fraction of sp³-hybridized carbons (Fsp3) is 0.397. The molecule has 600 valence electrons. The number of aliphatic hydroxyl groups is 1. The van der Waals surface area contributed by atoms with E-state index in [0.29, 0.717) is 55.3 Å². The number of aliphatic hydroxyl groups excluding tert-OH is 1. The van der Waals surface area contributed by atoms with Gasteiger partial charge in [-0.3, -0.25) is 0 Å². The maximum absolute atomic E-state index is 12.6. The summed E-state index contributed by atoms with van der Waals surface area (Å²) in [5.41, 5.74) is 0.896. The summed E-state index contributed by atoms with van der Waals surface area (Å²) in [5.74, 6) is 6.72. The molecule has 0 spiro atoms. The standard InChI is InChI=1S/C20H22ClF3OS.C19H20ClF3OS.C13H17F3O.C12H15F3O2.C8H9ClS.C3H4.3CO2.Li.H2O.2H2/c1-3-14-5-10-19(18(21)11-14)26-13-15(4-2)12-25-17-8-6-16(7-9-17)20(22,23)24;1-3-14(12-25-18-9-4-13(2)10-17(18)20)11-24-16-7-5-15(6-8-16)19(21,22)23;1-3-10(4-2)9-17-12-7-5-11(6-8-12)13(14,15)16;1-2-9(7-16)8-17-11-5-3-10(4-6-11)12(13,14)15;1-2-6-3-4-8(10)7(9)5-6;1-3-2;3*2-1-3;;;;/h5-11,15H,3-4,12-13H2,1-2H3;4-10,14H,3,11-12H2,1-2H3;5-8,10H,3-4,9H2,1-2H3;3-6,9,16H,2,7-8H2,1H3;3-5,10H,2H2,1H3;1H,2H3;;;;;1H2;2*1H/q;;;;;;;;;+1;;;/p-1. The van der Waals surface area contributed by atoms with Crippen LogP contribution in [0.4, 0.5) is 52.7 Å². The third-order valence-corrected chi connectivity index (χ3v) is 19.0. The number of thioether (sulfide) groups is 2.